The highest BCUT2D eigenvalue weighted by atomic mass is 28.1. The van der Waals surface area contributed by atoms with Crippen molar-refractivity contribution in [3.05, 3.63) is 0 Å². The summed E-state index contributed by atoms with van der Waals surface area (Å²) in [6, 6.07) is 0. The van der Waals surface area contributed by atoms with Crippen molar-refractivity contribution in [1.29, 1.82) is 0 Å². The van der Waals surface area contributed by atoms with Gasteiger partial charge in [-0.25, -0.2) is 0 Å². The Morgan fingerprint density at radius 1 is 1.50 bits per heavy atom. The molecule has 0 fully saturated rings. The van der Waals surface area contributed by atoms with Crippen LogP contribution in [0, 0.1) is 0 Å². The molecule has 38 valence electrons. The molecule has 0 saturated heterocycles. The van der Waals surface area contributed by atoms with Crippen molar-refractivity contribution >= 4 is 10.2 Å². The van der Waals surface area contributed by atoms with E-state index >= 15 is 0 Å². The van der Waals surface area contributed by atoms with Gasteiger partial charge in [0.25, 0.3) is 0 Å². The standard InChI is InChI=1S/C5H14Si/c1-4-5(2,3)6/h4H2,1-3,6H3. The van der Waals surface area contributed by atoms with Crippen molar-refractivity contribution in [3.8, 4) is 0 Å². The largest absolute Gasteiger partial charge is 0.0652 e. The van der Waals surface area contributed by atoms with Gasteiger partial charge in [0.1, 0.15) is 0 Å². The van der Waals surface area contributed by atoms with Crippen LogP contribution < -0.4 is 0 Å². The van der Waals surface area contributed by atoms with Crippen LogP contribution in [0.4, 0.5) is 0 Å². The maximum absolute atomic E-state index is 2.30. The summed E-state index contributed by atoms with van der Waals surface area (Å²) in [6.45, 7) is 6.85. The van der Waals surface area contributed by atoms with Gasteiger partial charge < -0.3 is 0 Å². The lowest BCUT2D eigenvalue weighted by atomic mass is 10.1. The summed E-state index contributed by atoms with van der Waals surface area (Å²) in [5, 5.41) is 0.681. The molecule has 0 nitrogen and oxygen atoms in total. The summed E-state index contributed by atoms with van der Waals surface area (Å²) in [5.41, 5.74) is 0. The molecule has 0 heterocycles. The van der Waals surface area contributed by atoms with Crippen molar-refractivity contribution in [1.82, 2.24) is 0 Å². The van der Waals surface area contributed by atoms with Crippen LogP contribution in [0.25, 0.3) is 0 Å². The maximum Gasteiger partial charge on any atom is 0.00993 e. The lowest BCUT2D eigenvalue weighted by Gasteiger charge is -2.12. The first-order chi connectivity index (χ1) is 2.56. The van der Waals surface area contributed by atoms with E-state index in [0.717, 1.165) is 0 Å². The highest BCUT2D eigenvalue weighted by Crippen LogP contribution is 2.21. The molecule has 0 N–H and O–H groups in total. The van der Waals surface area contributed by atoms with Gasteiger partial charge in [0, 0.05) is 10.2 Å². The van der Waals surface area contributed by atoms with Gasteiger partial charge in [-0.2, -0.15) is 0 Å². The molecule has 0 aliphatic carbocycles. The molecule has 0 aliphatic heterocycles. The molecule has 0 amide bonds. The summed E-state index contributed by atoms with van der Waals surface area (Å²) in [7, 11) is 1.33. The molecule has 0 aromatic rings. The van der Waals surface area contributed by atoms with E-state index in [1.54, 1.807) is 0 Å². The second-order valence-electron chi connectivity index (χ2n) is 2.91. The minimum absolute atomic E-state index is 0.681. The Morgan fingerprint density at radius 2 is 1.67 bits per heavy atom. The zero-order valence-corrected chi connectivity index (χ0v) is 7.21. The van der Waals surface area contributed by atoms with E-state index in [-0.39, 0.29) is 0 Å². The van der Waals surface area contributed by atoms with Gasteiger partial charge in [-0.3, -0.25) is 0 Å². The predicted molar refractivity (Wildman–Crippen MR) is 34.3 cm³/mol. The smallest absolute Gasteiger partial charge is 0.00993 e. The monoisotopic (exact) mass is 102 g/mol. The number of hydrogen-bond donors (Lipinski definition) is 0. The van der Waals surface area contributed by atoms with Gasteiger partial charge in [-0.15, -0.1) is 0 Å². The van der Waals surface area contributed by atoms with Crippen molar-refractivity contribution in [3.63, 3.8) is 0 Å². The van der Waals surface area contributed by atoms with Crippen LogP contribution in [-0.2, 0) is 0 Å². The summed E-state index contributed by atoms with van der Waals surface area (Å²) in [6.07, 6.45) is 1.33. The topological polar surface area (TPSA) is 0 Å². The van der Waals surface area contributed by atoms with Crippen LogP contribution in [0.2, 0.25) is 5.04 Å². The molecule has 0 bridgehead atoms. The SMILES string of the molecule is CCC(C)(C)[SiH3]. The molecule has 0 radical (unpaired) electrons. The summed E-state index contributed by atoms with van der Waals surface area (Å²) in [5.74, 6) is 0. The number of hydrogen-bond acceptors (Lipinski definition) is 0. The van der Waals surface area contributed by atoms with Gasteiger partial charge in [0.2, 0.25) is 0 Å². The summed E-state index contributed by atoms with van der Waals surface area (Å²) < 4.78 is 0. The Balaban J connectivity index is 3.17. The predicted octanol–water partition coefficient (Wildman–Crippen LogP) is 0.960. The van der Waals surface area contributed by atoms with Crippen LogP contribution >= 0.6 is 0 Å². The van der Waals surface area contributed by atoms with Crippen molar-refractivity contribution in [2.75, 3.05) is 0 Å². The fraction of sp³-hybridized carbons (Fsp3) is 1.00. The molecule has 0 aromatic heterocycles. The van der Waals surface area contributed by atoms with Crippen LogP contribution in [0.1, 0.15) is 27.2 Å². The van der Waals surface area contributed by atoms with Gasteiger partial charge in [0.15, 0.2) is 0 Å². The van der Waals surface area contributed by atoms with E-state index < -0.39 is 0 Å². The van der Waals surface area contributed by atoms with Gasteiger partial charge in [0.05, 0.1) is 0 Å². The third-order valence-corrected chi connectivity index (χ3v) is 1.77. The molecule has 0 atom stereocenters. The van der Waals surface area contributed by atoms with Gasteiger partial charge in [-0.1, -0.05) is 27.2 Å². The quantitative estimate of drug-likeness (QED) is 0.433. The second kappa shape index (κ2) is 1.78. The van der Waals surface area contributed by atoms with E-state index in [2.05, 4.69) is 20.8 Å². The molecule has 6 heavy (non-hydrogen) atoms. The lowest BCUT2D eigenvalue weighted by Crippen LogP contribution is -1.97. The van der Waals surface area contributed by atoms with Crippen LogP contribution in [-0.4, -0.2) is 10.2 Å². The Labute approximate surface area is 43.4 Å². The van der Waals surface area contributed by atoms with Crippen LogP contribution in [0.3, 0.4) is 0 Å². The van der Waals surface area contributed by atoms with E-state index in [9.17, 15) is 0 Å². The molecule has 0 spiro atoms. The Kier molecular flexibility index (Phi) is 1.85. The molecular formula is C5H14Si. The van der Waals surface area contributed by atoms with E-state index in [4.69, 9.17) is 0 Å². The summed E-state index contributed by atoms with van der Waals surface area (Å²) >= 11 is 0. The average molecular weight is 102 g/mol. The average Bonchev–Trinajstić information content (AvgIpc) is 1.35. The fourth-order valence-corrected chi connectivity index (χ4v) is 0. The van der Waals surface area contributed by atoms with E-state index in [0.29, 0.717) is 5.04 Å². The van der Waals surface area contributed by atoms with Crippen molar-refractivity contribution in [2.24, 2.45) is 0 Å². The first kappa shape index (κ1) is 6.22. The molecule has 0 aliphatic rings. The minimum atomic E-state index is 0.681. The van der Waals surface area contributed by atoms with E-state index in [1.807, 2.05) is 0 Å². The minimum Gasteiger partial charge on any atom is -0.0652 e. The van der Waals surface area contributed by atoms with Gasteiger partial charge in [-0.05, 0) is 5.04 Å². The zero-order chi connectivity index (χ0) is 5.21. The Morgan fingerprint density at radius 3 is 1.67 bits per heavy atom. The first-order valence-corrected chi connectivity index (χ1v) is 3.56. The normalized spacial score (nSPS) is 12.5. The lowest BCUT2D eigenvalue weighted by molar-refractivity contribution is 0.654. The Bertz CT molecular complexity index is 33.7. The number of rotatable bonds is 1. The molecule has 1 heteroatoms. The van der Waals surface area contributed by atoms with E-state index in [1.165, 1.54) is 16.7 Å². The summed E-state index contributed by atoms with van der Waals surface area (Å²) in [4.78, 5) is 0. The maximum atomic E-state index is 2.30. The molecule has 0 saturated carbocycles. The molecule has 0 unspecified atom stereocenters. The molecule has 0 rings (SSSR count). The van der Waals surface area contributed by atoms with Crippen LogP contribution in [0.15, 0.2) is 0 Å². The highest BCUT2D eigenvalue weighted by molar-refractivity contribution is 6.14. The fourth-order valence-electron chi connectivity index (χ4n) is 0. The van der Waals surface area contributed by atoms with Crippen molar-refractivity contribution in [2.45, 2.75) is 32.2 Å². The van der Waals surface area contributed by atoms with Crippen LogP contribution in [0.5, 0.6) is 0 Å². The van der Waals surface area contributed by atoms with Gasteiger partial charge >= 0.3 is 0 Å². The molecule has 0 aromatic carbocycles. The second-order valence-corrected chi connectivity index (χ2v) is 5.62. The third kappa shape index (κ3) is 4.22. The Hall–Kier alpha value is 0.217. The highest BCUT2D eigenvalue weighted by Gasteiger charge is 2.03. The third-order valence-electron chi connectivity index (χ3n) is 1.06. The zero-order valence-electron chi connectivity index (χ0n) is 5.21. The van der Waals surface area contributed by atoms with Crippen molar-refractivity contribution < 1.29 is 0 Å². The molecular weight excluding hydrogens is 88.1 g/mol. The first-order valence-electron chi connectivity index (χ1n) is 2.56.